The highest BCUT2D eigenvalue weighted by atomic mass is 32.2. The lowest BCUT2D eigenvalue weighted by atomic mass is 10.3. The second-order valence-electron chi connectivity index (χ2n) is 4.06. The van der Waals surface area contributed by atoms with Gasteiger partial charge in [-0.2, -0.15) is 0 Å². The molecule has 2 N–H and O–H groups in total. The number of hydrogen-bond donors (Lipinski definition) is 1. The molecule has 0 heterocycles. The highest BCUT2D eigenvalue weighted by Gasteiger charge is 2.23. The molecule has 1 saturated carbocycles. The van der Waals surface area contributed by atoms with Crippen molar-refractivity contribution in [2.75, 3.05) is 25.4 Å². The molecule has 0 amide bonds. The number of hydrogen-bond acceptors (Lipinski definition) is 3. The standard InChI is InChI=1S/C9H20N2O2S/c1-2-11(8-9-4-5-9)6-3-7-14(10,12)13/h9H,2-8H2,1H3,(H2,10,12,13). The van der Waals surface area contributed by atoms with Crippen molar-refractivity contribution in [1.29, 1.82) is 0 Å². The van der Waals surface area contributed by atoms with Crippen LogP contribution < -0.4 is 5.14 Å². The van der Waals surface area contributed by atoms with Gasteiger partial charge >= 0.3 is 0 Å². The predicted octanol–water partition coefficient (Wildman–Crippen LogP) is 0.397. The van der Waals surface area contributed by atoms with Crippen molar-refractivity contribution in [3.63, 3.8) is 0 Å². The SMILES string of the molecule is CCN(CCCS(N)(=O)=O)CC1CC1. The molecule has 1 aliphatic rings. The summed E-state index contributed by atoms with van der Waals surface area (Å²) in [6.07, 6.45) is 3.33. The van der Waals surface area contributed by atoms with E-state index >= 15 is 0 Å². The summed E-state index contributed by atoms with van der Waals surface area (Å²) in [5.41, 5.74) is 0. The van der Waals surface area contributed by atoms with Gasteiger partial charge in [0.1, 0.15) is 0 Å². The molecule has 0 aromatic carbocycles. The third-order valence-electron chi connectivity index (χ3n) is 2.56. The van der Waals surface area contributed by atoms with Crippen molar-refractivity contribution in [2.45, 2.75) is 26.2 Å². The van der Waals surface area contributed by atoms with E-state index in [4.69, 9.17) is 5.14 Å². The van der Waals surface area contributed by atoms with E-state index in [9.17, 15) is 8.42 Å². The van der Waals surface area contributed by atoms with E-state index in [-0.39, 0.29) is 5.75 Å². The topological polar surface area (TPSA) is 63.4 Å². The first-order valence-electron chi connectivity index (χ1n) is 5.24. The fourth-order valence-electron chi connectivity index (χ4n) is 1.53. The molecule has 0 atom stereocenters. The van der Waals surface area contributed by atoms with Gasteiger partial charge < -0.3 is 4.90 Å². The van der Waals surface area contributed by atoms with Gasteiger partial charge in [0.05, 0.1) is 5.75 Å². The van der Waals surface area contributed by atoms with E-state index in [1.165, 1.54) is 12.8 Å². The Labute approximate surface area is 86.5 Å². The van der Waals surface area contributed by atoms with Gasteiger partial charge in [0, 0.05) is 6.54 Å². The molecule has 14 heavy (non-hydrogen) atoms. The van der Waals surface area contributed by atoms with Crippen molar-refractivity contribution < 1.29 is 8.42 Å². The van der Waals surface area contributed by atoms with Gasteiger partial charge in [-0.3, -0.25) is 0 Å². The maximum absolute atomic E-state index is 10.7. The number of primary sulfonamides is 1. The van der Waals surface area contributed by atoms with E-state index in [1.807, 2.05) is 0 Å². The molecular formula is C9H20N2O2S. The summed E-state index contributed by atoms with van der Waals surface area (Å²) in [7, 11) is -3.27. The summed E-state index contributed by atoms with van der Waals surface area (Å²) in [5.74, 6) is 0.971. The Bertz CT molecular complexity index is 260. The van der Waals surface area contributed by atoms with Crippen molar-refractivity contribution in [1.82, 2.24) is 4.90 Å². The summed E-state index contributed by atoms with van der Waals surface area (Å²) in [4.78, 5) is 2.31. The van der Waals surface area contributed by atoms with Crippen LogP contribution in [0.3, 0.4) is 0 Å². The van der Waals surface area contributed by atoms with Crippen LogP contribution in [-0.4, -0.2) is 38.7 Å². The minimum atomic E-state index is -3.27. The summed E-state index contributed by atoms with van der Waals surface area (Å²) in [5, 5.41) is 4.93. The lowest BCUT2D eigenvalue weighted by Gasteiger charge is -2.19. The Morgan fingerprint density at radius 3 is 2.50 bits per heavy atom. The zero-order chi connectivity index (χ0) is 10.6. The van der Waals surface area contributed by atoms with Gasteiger partial charge in [0.2, 0.25) is 10.0 Å². The molecule has 0 aliphatic heterocycles. The molecule has 0 aromatic rings. The fraction of sp³-hybridized carbons (Fsp3) is 1.00. The average molecular weight is 220 g/mol. The van der Waals surface area contributed by atoms with Crippen molar-refractivity contribution in [2.24, 2.45) is 11.1 Å². The minimum Gasteiger partial charge on any atom is -0.303 e. The molecule has 84 valence electrons. The maximum atomic E-state index is 10.7. The Morgan fingerprint density at radius 1 is 1.43 bits per heavy atom. The van der Waals surface area contributed by atoms with E-state index in [0.29, 0.717) is 6.42 Å². The lowest BCUT2D eigenvalue weighted by Crippen LogP contribution is -2.29. The summed E-state index contributed by atoms with van der Waals surface area (Å²) in [6.45, 7) is 5.09. The summed E-state index contributed by atoms with van der Waals surface area (Å²) < 4.78 is 21.4. The molecule has 5 heteroatoms. The largest absolute Gasteiger partial charge is 0.303 e. The van der Waals surface area contributed by atoms with E-state index in [2.05, 4.69) is 11.8 Å². The van der Waals surface area contributed by atoms with Crippen LogP contribution in [0.1, 0.15) is 26.2 Å². The first-order chi connectivity index (χ1) is 6.51. The monoisotopic (exact) mass is 220 g/mol. The number of nitrogens with zero attached hydrogens (tertiary/aromatic N) is 1. The predicted molar refractivity (Wildman–Crippen MR) is 57.4 cm³/mol. The van der Waals surface area contributed by atoms with Crippen LogP contribution in [-0.2, 0) is 10.0 Å². The second-order valence-corrected chi connectivity index (χ2v) is 5.79. The number of rotatable bonds is 7. The fourth-order valence-corrected chi connectivity index (χ4v) is 2.06. The van der Waals surface area contributed by atoms with Gasteiger partial charge in [-0.05, 0) is 38.3 Å². The summed E-state index contributed by atoms with van der Waals surface area (Å²) in [6, 6.07) is 0. The van der Waals surface area contributed by atoms with Gasteiger partial charge in [0.15, 0.2) is 0 Å². The molecule has 0 radical (unpaired) electrons. The molecule has 1 fully saturated rings. The molecule has 0 unspecified atom stereocenters. The molecule has 0 saturated heterocycles. The Kier molecular flexibility index (Phi) is 4.34. The van der Waals surface area contributed by atoms with Crippen LogP contribution in [0.15, 0.2) is 0 Å². The van der Waals surface area contributed by atoms with Crippen LogP contribution in [0.5, 0.6) is 0 Å². The van der Waals surface area contributed by atoms with Gasteiger partial charge in [-0.1, -0.05) is 6.92 Å². The van der Waals surface area contributed by atoms with Crippen LogP contribution in [0.25, 0.3) is 0 Å². The van der Waals surface area contributed by atoms with Crippen LogP contribution in [0, 0.1) is 5.92 Å². The van der Waals surface area contributed by atoms with Crippen molar-refractivity contribution in [3.8, 4) is 0 Å². The van der Waals surface area contributed by atoms with Crippen molar-refractivity contribution in [3.05, 3.63) is 0 Å². The van der Waals surface area contributed by atoms with E-state index < -0.39 is 10.0 Å². The highest BCUT2D eigenvalue weighted by molar-refractivity contribution is 7.89. The van der Waals surface area contributed by atoms with Gasteiger partial charge in [-0.15, -0.1) is 0 Å². The Hall–Kier alpha value is -0.130. The number of sulfonamides is 1. The maximum Gasteiger partial charge on any atom is 0.209 e. The zero-order valence-corrected chi connectivity index (χ0v) is 9.59. The van der Waals surface area contributed by atoms with Crippen LogP contribution in [0.2, 0.25) is 0 Å². The second kappa shape index (κ2) is 5.09. The highest BCUT2D eigenvalue weighted by Crippen LogP contribution is 2.29. The Balaban J connectivity index is 2.13. The molecule has 1 aliphatic carbocycles. The Morgan fingerprint density at radius 2 is 2.07 bits per heavy atom. The third kappa shape index (κ3) is 5.57. The van der Waals surface area contributed by atoms with Gasteiger partial charge in [-0.25, -0.2) is 13.6 Å². The van der Waals surface area contributed by atoms with Crippen LogP contribution in [0.4, 0.5) is 0 Å². The zero-order valence-electron chi connectivity index (χ0n) is 8.78. The summed E-state index contributed by atoms with van der Waals surface area (Å²) >= 11 is 0. The van der Waals surface area contributed by atoms with Crippen LogP contribution >= 0.6 is 0 Å². The molecule has 4 nitrogen and oxygen atoms in total. The smallest absolute Gasteiger partial charge is 0.209 e. The van der Waals surface area contributed by atoms with E-state index in [1.54, 1.807) is 0 Å². The first kappa shape index (κ1) is 11.9. The third-order valence-corrected chi connectivity index (χ3v) is 3.42. The molecule has 0 bridgehead atoms. The molecule has 0 aromatic heterocycles. The van der Waals surface area contributed by atoms with Crippen molar-refractivity contribution >= 4 is 10.0 Å². The molecular weight excluding hydrogens is 200 g/mol. The quantitative estimate of drug-likeness (QED) is 0.675. The van der Waals surface area contributed by atoms with Gasteiger partial charge in [0.25, 0.3) is 0 Å². The molecule has 1 rings (SSSR count). The minimum absolute atomic E-state index is 0.105. The first-order valence-corrected chi connectivity index (χ1v) is 6.95. The lowest BCUT2D eigenvalue weighted by molar-refractivity contribution is 0.277. The molecule has 0 spiro atoms. The normalized spacial score (nSPS) is 17.6. The van der Waals surface area contributed by atoms with E-state index in [0.717, 1.165) is 25.6 Å². The average Bonchev–Trinajstić information content (AvgIpc) is 2.84. The number of nitrogens with two attached hydrogens (primary N) is 1.